The summed E-state index contributed by atoms with van der Waals surface area (Å²) in [6, 6.07) is 0. The first kappa shape index (κ1) is 12.9. The molecule has 1 N–H and O–H groups in total. The number of aliphatic hydroxyl groups is 1. The van der Waals surface area contributed by atoms with E-state index in [9.17, 15) is 0 Å². The molecule has 13 heavy (non-hydrogen) atoms. The van der Waals surface area contributed by atoms with Gasteiger partial charge in [0.05, 0.1) is 25.4 Å². The third kappa shape index (κ3) is 6.02. The van der Waals surface area contributed by atoms with E-state index in [0.717, 1.165) is 19.4 Å². The Morgan fingerprint density at radius 2 is 1.62 bits per heavy atom. The molecule has 0 aliphatic rings. The highest BCUT2D eigenvalue weighted by Crippen LogP contribution is 2.03. The molecule has 0 aromatic carbocycles. The summed E-state index contributed by atoms with van der Waals surface area (Å²) in [5.74, 6) is 0. The molecule has 3 heteroatoms. The fourth-order valence-corrected chi connectivity index (χ4v) is 1.06. The van der Waals surface area contributed by atoms with Gasteiger partial charge in [0.1, 0.15) is 0 Å². The van der Waals surface area contributed by atoms with Crippen molar-refractivity contribution >= 4 is 0 Å². The van der Waals surface area contributed by atoms with Gasteiger partial charge in [-0.1, -0.05) is 13.8 Å². The minimum absolute atomic E-state index is 0.0329. The summed E-state index contributed by atoms with van der Waals surface area (Å²) in [5, 5.41) is 8.88. The highest BCUT2D eigenvalue weighted by atomic mass is 16.5. The van der Waals surface area contributed by atoms with Crippen LogP contribution in [0.2, 0.25) is 0 Å². The lowest BCUT2D eigenvalue weighted by molar-refractivity contribution is -0.0572. The summed E-state index contributed by atoms with van der Waals surface area (Å²) in [5.41, 5.74) is 0. The fraction of sp³-hybridized carbons (Fsp3) is 1.00. The molecule has 0 radical (unpaired) electrons. The molecular weight excluding hydrogens is 168 g/mol. The summed E-state index contributed by atoms with van der Waals surface area (Å²) >= 11 is 0. The second-order valence-electron chi connectivity index (χ2n) is 3.03. The van der Waals surface area contributed by atoms with E-state index in [-0.39, 0.29) is 18.8 Å². The van der Waals surface area contributed by atoms with Crippen molar-refractivity contribution in [1.29, 1.82) is 0 Å². The quantitative estimate of drug-likeness (QED) is 0.631. The summed E-state index contributed by atoms with van der Waals surface area (Å²) in [6.45, 7) is 7.46. The lowest BCUT2D eigenvalue weighted by Crippen LogP contribution is -2.25. The summed E-state index contributed by atoms with van der Waals surface area (Å²) in [4.78, 5) is 0. The van der Waals surface area contributed by atoms with E-state index >= 15 is 0 Å². The normalized spacial score (nSPS) is 15.7. The molecule has 0 rings (SSSR count). The average Bonchev–Trinajstić information content (AvgIpc) is 2.17. The Kier molecular flexibility index (Phi) is 8.40. The van der Waals surface area contributed by atoms with Gasteiger partial charge >= 0.3 is 0 Å². The summed E-state index contributed by atoms with van der Waals surface area (Å²) in [7, 11) is 0. The number of aliphatic hydroxyl groups excluding tert-OH is 1. The van der Waals surface area contributed by atoms with Crippen LogP contribution in [-0.2, 0) is 9.47 Å². The number of hydrogen-bond donors (Lipinski definition) is 1. The zero-order chi connectivity index (χ0) is 10.1. The highest BCUT2D eigenvalue weighted by molar-refractivity contribution is 4.57. The maximum atomic E-state index is 8.88. The standard InChI is InChI=1S/C10H22O3/c1-4-9(7-11)13-8-10(5-2)12-6-3/h9-11H,4-8H2,1-3H3. The van der Waals surface area contributed by atoms with Crippen LogP contribution in [0, 0.1) is 0 Å². The Labute approximate surface area is 81.0 Å². The maximum absolute atomic E-state index is 8.88. The zero-order valence-corrected chi connectivity index (χ0v) is 8.95. The monoisotopic (exact) mass is 190 g/mol. The van der Waals surface area contributed by atoms with Crippen LogP contribution in [0.25, 0.3) is 0 Å². The zero-order valence-electron chi connectivity index (χ0n) is 8.95. The number of rotatable bonds is 8. The fourth-order valence-electron chi connectivity index (χ4n) is 1.06. The van der Waals surface area contributed by atoms with Crippen molar-refractivity contribution in [2.24, 2.45) is 0 Å². The molecule has 0 aliphatic heterocycles. The predicted molar refractivity (Wildman–Crippen MR) is 52.8 cm³/mol. The average molecular weight is 190 g/mol. The second kappa shape index (κ2) is 8.48. The second-order valence-corrected chi connectivity index (χ2v) is 3.03. The molecule has 3 nitrogen and oxygen atoms in total. The van der Waals surface area contributed by atoms with Gasteiger partial charge in [0.15, 0.2) is 0 Å². The lowest BCUT2D eigenvalue weighted by atomic mass is 10.2. The highest BCUT2D eigenvalue weighted by Gasteiger charge is 2.10. The first-order valence-corrected chi connectivity index (χ1v) is 5.12. The van der Waals surface area contributed by atoms with Crippen LogP contribution in [-0.4, -0.2) is 37.1 Å². The van der Waals surface area contributed by atoms with Crippen molar-refractivity contribution in [3.8, 4) is 0 Å². The van der Waals surface area contributed by atoms with E-state index in [0.29, 0.717) is 6.61 Å². The molecule has 0 saturated heterocycles. The van der Waals surface area contributed by atoms with E-state index < -0.39 is 0 Å². The van der Waals surface area contributed by atoms with Crippen molar-refractivity contribution in [2.75, 3.05) is 19.8 Å². The van der Waals surface area contributed by atoms with Crippen molar-refractivity contribution in [3.63, 3.8) is 0 Å². The number of ether oxygens (including phenoxy) is 2. The van der Waals surface area contributed by atoms with Crippen molar-refractivity contribution in [2.45, 2.75) is 45.8 Å². The Bertz CT molecular complexity index is 102. The minimum atomic E-state index is -0.0329. The molecule has 0 heterocycles. The molecule has 2 atom stereocenters. The maximum Gasteiger partial charge on any atom is 0.0805 e. The van der Waals surface area contributed by atoms with Gasteiger partial charge in [-0.2, -0.15) is 0 Å². The van der Waals surface area contributed by atoms with E-state index in [1.165, 1.54) is 0 Å². The van der Waals surface area contributed by atoms with E-state index in [2.05, 4.69) is 6.92 Å². The van der Waals surface area contributed by atoms with Crippen LogP contribution in [0.15, 0.2) is 0 Å². The molecule has 0 spiro atoms. The number of hydrogen-bond acceptors (Lipinski definition) is 3. The Hall–Kier alpha value is -0.120. The first-order valence-electron chi connectivity index (χ1n) is 5.12. The van der Waals surface area contributed by atoms with Gasteiger partial charge in [-0.05, 0) is 19.8 Å². The van der Waals surface area contributed by atoms with Crippen LogP contribution in [0.4, 0.5) is 0 Å². The van der Waals surface area contributed by atoms with Gasteiger partial charge in [-0.15, -0.1) is 0 Å². The summed E-state index contributed by atoms with van der Waals surface area (Å²) < 4.78 is 10.9. The van der Waals surface area contributed by atoms with Crippen LogP contribution in [0.3, 0.4) is 0 Å². The first-order chi connectivity index (χ1) is 6.28. The predicted octanol–water partition coefficient (Wildman–Crippen LogP) is 1.59. The third-order valence-corrected chi connectivity index (χ3v) is 2.03. The van der Waals surface area contributed by atoms with E-state index in [4.69, 9.17) is 14.6 Å². The molecule has 0 aliphatic carbocycles. The van der Waals surface area contributed by atoms with E-state index in [1.807, 2.05) is 13.8 Å². The van der Waals surface area contributed by atoms with Gasteiger partial charge in [0, 0.05) is 6.61 Å². The van der Waals surface area contributed by atoms with Crippen molar-refractivity contribution in [1.82, 2.24) is 0 Å². The van der Waals surface area contributed by atoms with Crippen molar-refractivity contribution < 1.29 is 14.6 Å². The van der Waals surface area contributed by atoms with Gasteiger partial charge < -0.3 is 14.6 Å². The Morgan fingerprint density at radius 1 is 1.00 bits per heavy atom. The third-order valence-electron chi connectivity index (χ3n) is 2.03. The Balaban J connectivity index is 3.56. The molecule has 0 aromatic heterocycles. The molecule has 0 saturated carbocycles. The van der Waals surface area contributed by atoms with E-state index in [1.54, 1.807) is 0 Å². The van der Waals surface area contributed by atoms with Gasteiger partial charge in [-0.3, -0.25) is 0 Å². The van der Waals surface area contributed by atoms with Gasteiger partial charge in [0.25, 0.3) is 0 Å². The minimum Gasteiger partial charge on any atom is -0.394 e. The van der Waals surface area contributed by atoms with Crippen LogP contribution >= 0.6 is 0 Å². The SMILES string of the molecule is CCOC(CC)COC(CC)CO. The topological polar surface area (TPSA) is 38.7 Å². The van der Waals surface area contributed by atoms with Gasteiger partial charge in [-0.25, -0.2) is 0 Å². The molecule has 0 fully saturated rings. The van der Waals surface area contributed by atoms with Crippen LogP contribution in [0.1, 0.15) is 33.6 Å². The molecule has 80 valence electrons. The molecular formula is C10H22O3. The summed E-state index contributed by atoms with van der Waals surface area (Å²) in [6.07, 6.45) is 1.94. The molecule has 0 bridgehead atoms. The van der Waals surface area contributed by atoms with Gasteiger partial charge in [0.2, 0.25) is 0 Å². The smallest absolute Gasteiger partial charge is 0.0805 e. The molecule has 0 aromatic rings. The molecule has 2 unspecified atom stereocenters. The van der Waals surface area contributed by atoms with Crippen LogP contribution in [0.5, 0.6) is 0 Å². The Morgan fingerprint density at radius 3 is 2.00 bits per heavy atom. The van der Waals surface area contributed by atoms with Crippen molar-refractivity contribution in [3.05, 3.63) is 0 Å². The lowest BCUT2D eigenvalue weighted by Gasteiger charge is -2.19. The largest absolute Gasteiger partial charge is 0.394 e. The molecule has 0 amide bonds. The van der Waals surface area contributed by atoms with Crippen LogP contribution < -0.4 is 0 Å².